The lowest BCUT2D eigenvalue weighted by Gasteiger charge is -2.19. The molecular formula is C33H63NO3. The minimum atomic E-state index is -0.852. The maximum atomic E-state index is 11.8. The average molecular weight is 522 g/mol. The molecule has 0 aliphatic carbocycles. The zero-order chi connectivity index (χ0) is 27.2. The second-order valence-corrected chi connectivity index (χ2v) is 10.9. The van der Waals surface area contributed by atoms with Crippen LogP contribution in [0.5, 0.6) is 0 Å². The van der Waals surface area contributed by atoms with Gasteiger partial charge in [-0.15, -0.1) is 0 Å². The van der Waals surface area contributed by atoms with Gasteiger partial charge in [-0.1, -0.05) is 147 Å². The summed E-state index contributed by atoms with van der Waals surface area (Å²) in [5.74, 6) is -0.111. The monoisotopic (exact) mass is 521 g/mol. The Labute approximate surface area is 230 Å². The highest BCUT2D eigenvalue weighted by atomic mass is 16.3. The van der Waals surface area contributed by atoms with Gasteiger partial charge in [-0.05, 0) is 32.1 Å². The van der Waals surface area contributed by atoms with Crippen LogP contribution in [0.1, 0.15) is 162 Å². The van der Waals surface area contributed by atoms with E-state index in [1.807, 2.05) is 13.0 Å². The third kappa shape index (κ3) is 26.3. The molecule has 1 amide bonds. The summed E-state index contributed by atoms with van der Waals surface area (Å²) in [5, 5.41) is 22.3. The first-order valence-corrected chi connectivity index (χ1v) is 16.1. The summed E-state index contributed by atoms with van der Waals surface area (Å²) in [6.45, 7) is 4.06. The largest absolute Gasteiger partial charge is 0.394 e. The number of carbonyl (C=O) groups excluding carboxylic acids is 1. The molecule has 2 atom stereocenters. The average Bonchev–Trinajstić information content (AvgIpc) is 2.90. The van der Waals surface area contributed by atoms with E-state index in [1.165, 1.54) is 109 Å². The molecule has 4 nitrogen and oxygen atoms in total. The second kappa shape index (κ2) is 29.4. The summed E-state index contributed by atoms with van der Waals surface area (Å²) in [6.07, 6.45) is 36.4. The Morgan fingerprint density at radius 1 is 0.622 bits per heavy atom. The van der Waals surface area contributed by atoms with Crippen LogP contribution in [0, 0.1) is 0 Å². The van der Waals surface area contributed by atoms with E-state index in [2.05, 4.69) is 24.4 Å². The zero-order valence-corrected chi connectivity index (χ0v) is 24.7. The molecule has 37 heavy (non-hydrogen) atoms. The fourth-order valence-electron chi connectivity index (χ4n) is 4.64. The molecule has 3 N–H and O–H groups in total. The molecule has 2 unspecified atom stereocenters. The Hall–Kier alpha value is -1.13. The van der Waals surface area contributed by atoms with Crippen molar-refractivity contribution in [3.8, 4) is 0 Å². The summed E-state index contributed by atoms with van der Waals surface area (Å²) >= 11 is 0. The highest BCUT2D eigenvalue weighted by Crippen LogP contribution is 2.14. The number of hydrogen-bond acceptors (Lipinski definition) is 3. The van der Waals surface area contributed by atoms with E-state index in [-0.39, 0.29) is 12.5 Å². The second-order valence-electron chi connectivity index (χ2n) is 10.9. The molecule has 0 spiro atoms. The van der Waals surface area contributed by atoms with Crippen molar-refractivity contribution in [1.82, 2.24) is 5.32 Å². The summed E-state index contributed by atoms with van der Waals surface area (Å²) in [6, 6.07) is -0.629. The number of nitrogens with one attached hydrogen (secondary N) is 1. The van der Waals surface area contributed by atoms with Crippen molar-refractivity contribution in [2.75, 3.05) is 6.61 Å². The predicted molar refractivity (Wildman–Crippen MR) is 161 cm³/mol. The van der Waals surface area contributed by atoms with E-state index in [0.717, 1.165) is 32.1 Å². The van der Waals surface area contributed by atoms with E-state index in [4.69, 9.17) is 0 Å². The van der Waals surface area contributed by atoms with Gasteiger partial charge in [-0.25, -0.2) is 0 Å². The van der Waals surface area contributed by atoms with Gasteiger partial charge in [0, 0.05) is 6.42 Å². The number of allylic oxidation sites excluding steroid dienone is 3. The molecule has 4 heteroatoms. The number of aliphatic hydroxyl groups excluding tert-OH is 2. The fraction of sp³-hybridized carbons (Fsp3) is 0.848. The normalized spacial score (nSPS) is 13.5. The first-order chi connectivity index (χ1) is 18.2. The molecule has 0 aromatic heterocycles. The molecule has 0 rings (SSSR count). The van der Waals surface area contributed by atoms with Gasteiger partial charge in [0.1, 0.15) is 0 Å². The van der Waals surface area contributed by atoms with E-state index >= 15 is 0 Å². The number of hydrogen-bond donors (Lipinski definition) is 3. The third-order valence-corrected chi connectivity index (χ3v) is 7.19. The van der Waals surface area contributed by atoms with Crippen molar-refractivity contribution in [1.29, 1.82) is 0 Å². The number of unbranched alkanes of at least 4 members (excludes halogenated alkanes) is 19. The van der Waals surface area contributed by atoms with Gasteiger partial charge in [0.25, 0.3) is 0 Å². The van der Waals surface area contributed by atoms with Crippen LogP contribution in [0.4, 0.5) is 0 Å². The Morgan fingerprint density at radius 3 is 1.54 bits per heavy atom. The lowest BCUT2D eigenvalue weighted by molar-refractivity contribution is -0.123. The molecule has 0 aromatic carbocycles. The van der Waals surface area contributed by atoms with Crippen molar-refractivity contribution >= 4 is 5.91 Å². The van der Waals surface area contributed by atoms with E-state index in [0.29, 0.717) is 6.42 Å². The number of amides is 1. The highest BCUT2D eigenvalue weighted by molar-refractivity contribution is 5.76. The predicted octanol–water partition coefficient (Wildman–Crippen LogP) is 8.95. The molecular weight excluding hydrogens is 458 g/mol. The number of rotatable bonds is 28. The summed E-state index contributed by atoms with van der Waals surface area (Å²) < 4.78 is 0. The van der Waals surface area contributed by atoms with Gasteiger partial charge in [0.2, 0.25) is 5.91 Å². The van der Waals surface area contributed by atoms with Crippen molar-refractivity contribution in [2.45, 2.75) is 174 Å². The van der Waals surface area contributed by atoms with Crippen LogP contribution in [0.25, 0.3) is 0 Å². The number of carbonyl (C=O) groups is 1. The lowest BCUT2D eigenvalue weighted by atomic mass is 10.0. The van der Waals surface area contributed by atoms with Crippen LogP contribution in [-0.2, 0) is 4.79 Å². The maximum absolute atomic E-state index is 11.8. The molecule has 218 valence electrons. The van der Waals surface area contributed by atoms with Crippen LogP contribution >= 0.6 is 0 Å². The van der Waals surface area contributed by atoms with E-state index in [1.54, 1.807) is 6.08 Å². The van der Waals surface area contributed by atoms with Gasteiger partial charge < -0.3 is 15.5 Å². The smallest absolute Gasteiger partial charge is 0.220 e. The van der Waals surface area contributed by atoms with E-state index < -0.39 is 12.1 Å². The SMILES string of the molecule is CCCCCCCCCCCCCCCCCCC/C=C/CC/C=C/C(O)C(CO)NC(=O)CCCC. The summed E-state index contributed by atoms with van der Waals surface area (Å²) in [5.41, 5.74) is 0. The first kappa shape index (κ1) is 35.9. The molecule has 0 radical (unpaired) electrons. The fourth-order valence-corrected chi connectivity index (χ4v) is 4.64. The molecule has 0 fully saturated rings. The van der Waals surface area contributed by atoms with Crippen molar-refractivity contribution in [3.63, 3.8) is 0 Å². The van der Waals surface area contributed by atoms with Crippen LogP contribution in [0.2, 0.25) is 0 Å². The van der Waals surface area contributed by atoms with Crippen molar-refractivity contribution < 1.29 is 15.0 Å². The van der Waals surface area contributed by atoms with Gasteiger partial charge in [0.05, 0.1) is 18.8 Å². The molecule has 0 aromatic rings. The standard InChI is InChI=1S/C33H63NO3/c1-3-5-7-8-9-10-11-12-13-14-15-16-17-18-19-20-21-22-23-24-25-26-27-28-32(36)31(30-35)34-33(37)29-6-4-2/h23-24,27-28,31-32,35-36H,3-22,25-26,29-30H2,1-2H3,(H,34,37)/b24-23+,28-27+. The topological polar surface area (TPSA) is 69.6 Å². The Kier molecular flexibility index (Phi) is 28.5. The molecule has 0 saturated carbocycles. The Bertz CT molecular complexity index is 532. The van der Waals surface area contributed by atoms with Crippen LogP contribution < -0.4 is 5.32 Å². The van der Waals surface area contributed by atoms with Crippen LogP contribution in [0.15, 0.2) is 24.3 Å². The quantitative estimate of drug-likeness (QED) is 0.0711. The van der Waals surface area contributed by atoms with Gasteiger partial charge in [-0.2, -0.15) is 0 Å². The lowest BCUT2D eigenvalue weighted by Crippen LogP contribution is -2.45. The van der Waals surface area contributed by atoms with Crippen molar-refractivity contribution in [3.05, 3.63) is 24.3 Å². The minimum Gasteiger partial charge on any atom is -0.394 e. The molecule has 0 aliphatic rings. The number of aliphatic hydroxyl groups is 2. The minimum absolute atomic E-state index is 0.111. The molecule has 0 saturated heterocycles. The maximum Gasteiger partial charge on any atom is 0.220 e. The Balaban J connectivity index is 3.46. The molecule has 0 heterocycles. The van der Waals surface area contributed by atoms with Gasteiger partial charge in [-0.3, -0.25) is 4.79 Å². The summed E-state index contributed by atoms with van der Waals surface area (Å²) in [7, 11) is 0. The van der Waals surface area contributed by atoms with Crippen LogP contribution in [-0.4, -0.2) is 34.9 Å². The van der Waals surface area contributed by atoms with Crippen LogP contribution in [0.3, 0.4) is 0 Å². The summed E-state index contributed by atoms with van der Waals surface area (Å²) in [4.78, 5) is 11.8. The first-order valence-electron chi connectivity index (χ1n) is 16.1. The molecule has 0 bridgehead atoms. The highest BCUT2D eigenvalue weighted by Gasteiger charge is 2.17. The Morgan fingerprint density at radius 2 is 1.05 bits per heavy atom. The molecule has 0 aliphatic heterocycles. The third-order valence-electron chi connectivity index (χ3n) is 7.19. The van der Waals surface area contributed by atoms with Crippen molar-refractivity contribution in [2.24, 2.45) is 0 Å². The van der Waals surface area contributed by atoms with Gasteiger partial charge in [0.15, 0.2) is 0 Å². The van der Waals surface area contributed by atoms with E-state index in [9.17, 15) is 15.0 Å². The zero-order valence-electron chi connectivity index (χ0n) is 24.7. The van der Waals surface area contributed by atoms with Gasteiger partial charge >= 0.3 is 0 Å².